The monoisotopic (exact) mass is 188 g/mol. The van der Waals surface area contributed by atoms with Gasteiger partial charge in [0, 0.05) is 0 Å². The van der Waals surface area contributed by atoms with E-state index < -0.39 is 0 Å². The van der Waals surface area contributed by atoms with Crippen LogP contribution in [0, 0.1) is 20.8 Å². The molecule has 0 aliphatic heterocycles. The highest BCUT2D eigenvalue weighted by atomic mass is 14.1. The fraction of sp³-hybridized carbons (Fsp3) is 0.429. The molecule has 14 heavy (non-hydrogen) atoms. The zero-order chi connectivity index (χ0) is 10.9. The number of hydrogen-bond donors (Lipinski definition) is 0. The third kappa shape index (κ3) is 1.75. The van der Waals surface area contributed by atoms with Gasteiger partial charge in [-0.15, -0.1) is 0 Å². The maximum absolute atomic E-state index is 4.05. The summed E-state index contributed by atoms with van der Waals surface area (Å²) in [5, 5.41) is 0. The maximum atomic E-state index is 4.05. The molecule has 0 saturated heterocycles. The van der Waals surface area contributed by atoms with Crippen LogP contribution in [0.15, 0.2) is 12.6 Å². The second kappa shape index (κ2) is 4.00. The van der Waals surface area contributed by atoms with E-state index in [2.05, 4.69) is 47.3 Å². The highest BCUT2D eigenvalue weighted by Gasteiger charge is 2.09. The molecule has 1 rings (SSSR count). The normalized spacial score (nSPS) is 10.4. The van der Waals surface area contributed by atoms with Crippen LogP contribution in [0.25, 0.3) is 5.57 Å². The van der Waals surface area contributed by atoms with Crippen molar-refractivity contribution in [1.82, 2.24) is 0 Å². The van der Waals surface area contributed by atoms with Crippen molar-refractivity contribution in [3.8, 4) is 0 Å². The molecular formula is C14H20. The zero-order valence-electron chi connectivity index (χ0n) is 9.99. The van der Waals surface area contributed by atoms with Gasteiger partial charge in [-0.25, -0.2) is 0 Å². The molecular weight excluding hydrogens is 168 g/mol. The molecule has 76 valence electrons. The molecule has 0 bridgehead atoms. The molecule has 0 spiro atoms. The third-order valence-corrected chi connectivity index (χ3v) is 2.91. The lowest BCUT2D eigenvalue weighted by Gasteiger charge is -2.16. The number of rotatable bonds is 2. The van der Waals surface area contributed by atoms with Crippen molar-refractivity contribution in [2.24, 2.45) is 0 Å². The standard InChI is InChI=1S/C14H20/c1-7-13-10(4)8-11(5)14(9(2)3)12(13)6/h8H,2,7H2,1,3-6H3. The van der Waals surface area contributed by atoms with Gasteiger partial charge in [0.05, 0.1) is 0 Å². The van der Waals surface area contributed by atoms with Gasteiger partial charge >= 0.3 is 0 Å². The van der Waals surface area contributed by atoms with Crippen molar-refractivity contribution >= 4 is 5.57 Å². The molecule has 0 fully saturated rings. The Morgan fingerprint density at radius 1 is 1.21 bits per heavy atom. The van der Waals surface area contributed by atoms with E-state index in [1.54, 1.807) is 0 Å². The van der Waals surface area contributed by atoms with Crippen LogP contribution < -0.4 is 0 Å². The highest BCUT2D eigenvalue weighted by molar-refractivity contribution is 5.69. The first kappa shape index (κ1) is 11.0. The molecule has 0 heterocycles. The fourth-order valence-corrected chi connectivity index (χ4v) is 2.43. The Balaban J connectivity index is 3.52. The van der Waals surface area contributed by atoms with Crippen LogP contribution >= 0.6 is 0 Å². The molecule has 0 N–H and O–H groups in total. The molecule has 0 heteroatoms. The summed E-state index contributed by atoms with van der Waals surface area (Å²) in [6.45, 7) is 14.9. The van der Waals surface area contributed by atoms with Crippen LogP contribution in [0.4, 0.5) is 0 Å². The van der Waals surface area contributed by atoms with E-state index in [9.17, 15) is 0 Å². The summed E-state index contributed by atoms with van der Waals surface area (Å²) in [5.41, 5.74) is 8.19. The summed E-state index contributed by atoms with van der Waals surface area (Å²) >= 11 is 0. The molecule has 1 aromatic rings. The molecule has 0 amide bonds. The van der Waals surface area contributed by atoms with Gasteiger partial charge in [-0.1, -0.05) is 25.1 Å². The number of allylic oxidation sites excluding steroid dienone is 1. The van der Waals surface area contributed by atoms with Gasteiger partial charge in [0.1, 0.15) is 0 Å². The first-order valence-electron chi connectivity index (χ1n) is 5.24. The fourth-order valence-electron chi connectivity index (χ4n) is 2.43. The summed E-state index contributed by atoms with van der Waals surface area (Å²) in [6.07, 6.45) is 1.11. The van der Waals surface area contributed by atoms with Gasteiger partial charge in [0.2, 0.25) is 0 Å². The molecule has 0 atom stereocenters. The van der Waals surface area contributed by atoms with Crippen LogP contribution in [-0.2, 0) is 6.42 Å². The predicted octanol–water partition coefficient (Wildman–Crippen LogP) is 4.21. The SMILES string of the molecule is C=C(C)c1c(C)cc(C)c(CC)c1C. The molecule has 0 saturated carbocycles. The predicted molar refractivity (Wildman–Crippen MR) is 64.7 cm³/mol. The summed E-state index contributed by atoms with van der Waals surface area (Å²) in [6, 6.07) is 2.27. The number of benzene rings is 1. The van der Waals surface area contributed by atoms with Crippen molar-refractivity contribution in [2.75, 3.05) is 0 Å². The summed E-state index contributed by atoms with van der Waals surface area (Å²) < 4.78 is 0. The lowest BCUT2D eigenvalue weighted by atomic mass is 9.89. The summed E-state index contributed by atoms with van der Waals surface area (Å²) in [7, 11) is 0. The number of aryl methyl sites for hydroxylation is 2. The van der Waals surface area contributed by atoms with Gasteiger partial charge in [-0.2, -0.15) is 0 Å². The quantitative estimate of drug-likeness (QED) is 0.652. The molecule has 0 nitrogen and oxygen atoms in total. The summed E-state index contributed by atoms with van der Waals surface area (Å²) in [4.78, 5) is 0. The van der Waals surface area contributed by atoms with E-state index in [-0.39, 0.29) is 0 Å². The first-order valence-corrected chi connectivity index (χ1v) is 5.24. The van der Waals surface area contributed by atoms with Crippen LogP contribution in [0.3, 0.4) is 0 Å². The first-order chi connectivity index (χ1) is 6.49. The Labute approximate surface area is 87.7 Å². The van der Waals surface area contributed by atoms with Gasteiger partial charge < -0.3 is 0 Å². The Kier molecular flexibility index (Phi) is 3.15. The summed E-state index contributed by atoms with van der Waals surface area (Å²) in [5.74, 6) is 0. The van der Waals surface area contributed by atoms with E-state index in [0.717, 1.165) is 6.42 Å². The minimum atomic E-state index is 1.11. The van der Waals surface area contributed by atoms with Crippen molar-refractivity contribution < 1.29 is 0 Å². The van der Waals surface area contributed by atoms with Crippen molar-refractivity contribution in [2.45, 2.75) is 41.0 Å². The average Bonchev–Trinajstić information content (AvgIpc) is 2.02. The maximum Gasteiger partial charge on any atom is -0.0172 e. The van der Waals surface area contributed by atoms with E-state index in [4.69, 9.17) is 0 Å². The Morgan fingerprint density at radius 3 is 2.21 bits per heavy atom. The Hall–Kier alpha value is -1.04. The van der Waals surface area contributed by atoms with E-state index in [0.29, 0.717) is 0 Å². The Morgan fingerprint density at radius 2 is 1.79 bits per heavy atom. The second-order valence-electron chi connectivity index (χ2n) is 4.12. The van der Waals surface area contributed by atoms with Crippen LogP contribution in [0.5, 0.6) is 0 Å². The molecule has 0 unspecified atom stereocenters. The average molecular weight is 188 g/mol. The van der Waals surface area contributed by atoms with Crippen molar-refractivity contribution in [1.29, 1.82) is 0 Å². The Bertz CT molecular complexity index is 370. The molecule has 0 aromatic heterocycles. The topological polar surface area (TPSA) is 0 Å². The largest absolute Gasteiger partial charge is 0.0955 e. The lowest BCUT2D eigenvalue weighted by Crippen LogP contribution is -1.99. The van der Waals surface area contributed by atoms with Gasteiger partial charge in [0.25, 0.3) is 0 Å². The lowest BCUT2D eigenvalue weighted by molar-refractivity contribution is 1.07. The molecule has 1 aromatic carbocycles. The van der Waals surface area contributed by atoms with Gasteiger partial charge in [0.15, 0.2) is 0 Å². The molecule has 0 aliphatic carbocycles. The minimum Gasteiger partial charge on any atom is -0.0955 e. The molecule has 0 aliphatic rings. The minimum absolute atomic E-state index is 1.11. The van der Waals surface area contributed by atoms with E-state index >= 15 is 0 Å². The highest BCUT2D eigenvalue weighted by Crippen LogP contribution is 2.27. The van der Waals surface area contributed by atoms with Crippen LogP contribution in [-0.4, -0.2) is 0 Å². The van der Waals surface area contributed by atoms with Crippen LogP contribution in [0.2, 0.25) is 0 Å². The van der Waals surface area contributed by atoms with E-state index in [1.165, 1.54) is 33.4 Å². The number of hydrogen-bond acceptors (Lipinski definition) is 0. The van der Waals surface area contributed by atoms with Crippen LogP contribution in [0.1, 0.15) is 41.7 Å². The zero-order valence-corrected chi connectivity index (χ0v) is 9.99. The van der Waals surface area contributed by atoms with Gasteiger partial charge in [-0.05, 0) is 61.9 Å². The van der Waals surface area contributed by atoms with Gasteiger partial charge in [-0.3, -0.25) is 0 Å². The third-order valence-electron chi connectivity index (χ3n) is 2.91. The smallest absolute Gasteiger partial charge is 0.0172 e. The van der Waals surface area contributed by atoms with Crippen molar-refractivity contribution in [3.63, 3.8) is 0 Å². The molecule has 0 radical (unpaired) electrons. The second-order valence-corrected chi connectivity index (χ2v) is 4.12. The van der Waals surface area contributed by atoms with E-state index in [1.807, 2.05) is 0 Å². The van der Waals surface area contributed by atoms with Crippen molar-refractivity contribution in [3.05, 3.63) is 40.5 Å².